The first-order chi connectivity index (χ1) is 12.0. The van der Waals surface area contributed by atoms with Crippen LogP contribution < -0.4 is 10.1 Å². The number of H-pyrrole nitrogens is 1. The number of rotatable bonds is 4. The molecule has 1 fully saturated rings. The van der Waals surface area contributed by atoms with Gasteiger partial charge >= 0.3 is 0 Å². The van der Waals surface area contributed by atoms with E-state index in [1.165, 1.54) is 0 Å². The number of carbonyl (C=O) groups is 1. The Hall–Kier alpha value is -2.46. The van der Waals surface area contributed by atoms with Crippen molar-refractivity contribution in [1.82, 2.24) is 4.98 Å². The molecule has 4 rings (SSSR count). The van der Waals surface area contributed by atoms with Crippen molar-refractivity contribution in [1.29, 1.82) is 0 Å². The number of carbonyl (C=O) groups excluding carboxylic acids is 1. The molecule has 2 aromatic carbocycles. The SMILES string of the molecule is COc1ccc2[nH]cc(C3(C(=O)Nc4ccc(C)c(Cl)c4)CC3)c2c1. The van der Waals surface area contributed by atoms with E-state index in [4.69, 9.17) is 16.3 Å². The first-order valence-electron chi connectivity index (χ1n) is 8.27. The summed E-state index contributed by atoms with van der Waals surface area (Å²) in [7, 11) is 1.65. The molecule has 3 aromatic rings. The van der Waals surface area contributed by atoms with Crippen molar-refractivity contribution in [3.05, 3.63) is 58.7 Å². The number of aryl methyl sites for hydroxylation is 1. The average molecular weight is 355 g/mol. The maximum absolute atomic E-state index is 13.0. The zero-order valence-corrected chi connectivity index (χ0v) is 14.9. The van der Waals surface area contributed by atoms with Gasteiger partial charge in [0.05, 0.1) is 12.5 Å². The van der Waals surface area contributed by atoms with E-state index >= 15 is 0 Å². The molecule has 1 aromatic heterocycles. The summed E-state index contributed by atoms with van der Waals surface area (Å²) in [5, 5.41) is 4.71. The van der Waals surface area contributed by atoms with Crippen molar-refractivity contribution in [2.24, 2.45) is 0 Å². The lowest BCUT2D eigenvalue weighted by atomic mass is 9.94. The summed E-state index contributed by atoms with van der Waals surface area (Å²) < 4.78 is 5.33. The third-order valence-electron chi connectivity index (χ3n) is 5.02. The second-order valence-electron chi connectivity index (χ2n) is 6.61. The lowest BCUT2D eigenvalue weighted by Gasteiger charge is -2.16. The number of amides is 1. The first kappa shape index (κ1) is 16.0. The Bertz CT molecular complexity index is 973. The van der Waals surface area contributed by atoms with Crippen molar-refractivity contribution in [2.45, 2.75) is 25.2 Å². The third kappa shape index (κ3) is 2.67. The van der Waals surface area contributed by atoms with Gasteiger partial charge in [0.25, 0.3) is 0 Å². The van der Waals surface area contributed by atoms with Gasteiger partial charge in [0.1, 0.15) is 5.75 Å². The molecule has 0 bridgehead atoms. The normalized spacial score (nSPS) is 15.2. The van der Waals surface area contributed by atoms with Gasteiger partial charge < -0.3 is 15.0 Å². The number of hydrogen-bond donors (Lipinski definition) is 2. The molecule has 0 spiro atoms. The molecule has 1 saturated carbocycles. The molecule has 0 radical (unpaired) electrons. The topological polar surface area (TPSA) is 54.1 Å². The molecule has 4 nitrogen and oxygen atoms in total. The number of fused-ring (bicyclic) bond motifs is 1. The van der Waals surface area contributed by atoms with Crippen molar-refractivity contribution in [3.8, 4) is 5.75 Å². The number of aromatic nitrogens is 1. The van der Waals surface area contributed by atoms with Gasteiger partial charge in [-0.25, -0.2) is 0 Å². The zero-order chi connectivity index (χ0) is 17.6. The van der Waals surface area contributed by atoms with Crippen molar-refractivity contribution in [2.75, 3.05) is 12.4 Å². The second-order valence-corrected chi connectivity index (χ2v) is 7.02. The molecule has 0 aliphatic heterocycles. The highest BCUT2D eigenvalue weighted by molar-refractivity contribution is 6.31. The molecule has 1 heterocycles. The van der Waals surface area contributed by atoms with Crippen molar-refractivity contribution >= 4 is 34.1 Å². The number of hydrogen-bond acceptors (Lipinski definition) is 2. The van der Waals surface area contributed by atoms with Crippen LogP contribution >= 0.6 is 11.6 Å². The van der Waals surface area contributed by atoms with E-state index in [2.05, 4.69) is 10.3 Å². The molecule has 1 amide bonds. The van der Waals surface area contributed by atoms with Crippen molar-refractivity contribution < 1.29 is 9.53 Å². The average Bonchev–Trinajstić information content (AvgIpc) is 3.31. The molecule has 1 aliphatic carbocycles. The van der Waals surface area contributed by atoms with Crippen LogP contribution in [0.15, 0.2) is 42.6 Å². The summed E-state index contributed by atoms with van der Waals surface area (Å²) in [6.07, 6.45) is 3.62. The number of ether oxygens (including phenoxy) is 1. The van der Waals surface area contributed by atoms with Gasteiger partial charge in [0.2, 0.25) is 5.91 Å². The Morgan fingerprint density at radius 2 is 2.04 bits per heavy atom. The number of benzene rings is 2. The van der Waals surface area contributed by atoms with Crippen LogP contribution in [0.5, 0.6) is 5.75 Å². The summed E-state index contributed by atoms with van der Waals surface area (Å²) in [5.74, 6) is 0.797. The quantitative estimate of drug-likeness (QED) is 0.706. The number of aromatic amines is 1. The molecule has 0 unspecified atom stereocenters. The Morgan fingerprint density at radius 3 is 2.72 bits per heavy atom. The molecule has 25 heavy (non-hydrogen) atoms. The van der Waals surface area contributed by atoms with Gasteiger partial charge in [-0.15, -0.1) is 0 Å². The van der Waals surface area contributed by atoms with Crippen LogP contribution in [0.1, 0.15) is 24.0 Å². The summed E-state index contributed by atoms with van der Waals surface area (Å²) >= 11 is 6.17. The number of methoxy groups -OCH3 is 1. The summed E-state index contributed by atoms with van der Waals surface area (Å²) in [6, 6.07) is 11.5. The fraction of sp³-hybridized carbons (Fsp3) is 0.250. The Balaban J connectivity index is 1.67. The number of anilines is 1. The second kappa shape index (κ2) is 5.81. The Morgan fingerprint density at radius 1 is 1.24 bits per heavy atom. The third-order valence-corrected chi connectivity index (χ3v) is 5.43. The van der Waals surface area contributed by atoms with Gasteiger partial charge in [-0.3, -0.25) is 4.79 Å². The highest BCUT2D eigenvalue weighted by Crippen LogP contribution is 2.51. The van der Waals surface area contributed by atoms with Crippen molar-refractivity contribution in [3.63, 3.8) is 0 Å². The lowest BCUT2D eigenvalue weighted by molar-refractivity contribution is -0.118. The molecule has 5 heteroatoms. The fourth-order valence-corrected chi connectivity index (χ4v) is 3.47. The van der Waals surface area contributed by atoms with Crippen LogP contribution in [0.3, 0.4) is 0 Å². The van der Waals surface area contributed by atoms with E-state index in [1.54, 1.807) is 13.2 Å². The van der Waals surface area contributed by atoms with E-state index in [0.29, 0.717) is 5.02 Å². The minimum absolute atomic E-state index is 0.0103. The van der Waals surface area contributed by atoms with Crippen LogP contribution in [0.4, 0.5) is 5.69 Å². The molecule has 128 valence electrons. The highest BCUT2D eigenvalue weighted by atomic mass is 35.5. The first-order valence-corrected chi connectivity index (χ1v) is 8.64. The maximum atomic E-state index is 13.0. The minimum atomic E-state index is -0.484. The van der Waals surface area contributed by atoms with E-state index in [0.717, 1.165) is 46.3 Å². The molecule has 1 aliphatic rings. The largest absolute Gasteiger partial charge is 0.497 e. The van der Waals surface area contributed by atoms with E-state index < -0.39 is 5.41 Å². The summed E-state index contributed by atoms with van der Waals surface area (Å²) in [6.45, 7) is 1.94. The molecular weight excluding hydrogens is 336 g/mol. The molecular formula is C20H19ClN2O2. The van der Waals surface area contributed by atoms with E-state index in [9.17, 15) is 4.79 Å². The maximum Gasteiger partial charge on any atom is 0.235 e. The standard InChI is InChI=1S/C20H19ClN2O2/c1-12-3-4-13(9-17(12)21)23-19(24)20(7-8-20)16-11-22-18-6-5-14(25-2)10-15(16)18/h3-6,9-11,22H,7-8H2,1-2H3,(H,23,24). The Labute approximate surface area is 151 Å². The summed E-state index contributed by atoms with van der Waals surface area (Å²) in [4.78, 5) is 16.3. The van der Waals surface area contributed by atoms with Gasteiger partial charge in [-0.1, -0.05) is 17.7 Å². The van der Waals surface area contributed by atoms with Crippen LogP contribution in [0.2, 0.25) is 5.02 Å². The van der Waals surface area contributed by atoms with E-state index in [1.807, 2.05) is 43.5 Å². The zero-order valence-electron chi connectivity index (χ0n) is 14.2. The smallest absolute Gasteiger partial charge is 0.235 e. The number of halogens is 1. The number of nitrogens with one attached hydrogen (secondary N) is 2. The molecule has 0 atom stereocenters. The lowest BCUT2D eigenvalue weighted by Crippen LogP contribution is -2.27. The monoisotopic (exact) mass is 354 g/mol. The highest BCUT2D eigenvalue weighted by Gasteiger charge is 2.52. The minimum Gasteiger partial charge on any atom is -0.497 e. The van der Waals surface area contributed by atoms with E-state index in [-0.39, 0.29) is 5.91 Å². The molecule has 2 N–H and O–H groups in total. The van der Waals surface area contributed by atoms with Crippen LogP contribution in [0.25, 0.3) is 10.9 Å². The van der Waals surface area contributed by atoms with Crippen LogP contribution in [-0.4, -0.2) is 18.0 Å². The van der Waals surface area contributed by atoms with Crippen LogP contribution in [0, 0.1) is 6.92 Å². The van der Waals surface area contributed by atoms with Crippen LogP contribution in [-0.2, 0) is 10.2 Å². The summed E-state index contributed by atoms with van der Waals surface area (Å²) in [5.41, 5.74) is 3.27. The molecule has 0 saturated heterocycles. The Kier molecular flexibility index (Phi) is 3.73. The predicted molar refractivity (Wildman–Crippen MR) is 101 cm³/mol. The van der Waals surface area contributed by atoms with Gasteiger partial charge in [0, 0.05) is 27.8 Å². The van der Waals surface area contributed by atoms with Gasteiger partial charge in [-0.2, -0.15) is 0 Å². The predicted octanol–water partition coefficient (Wildman–Crippen LogP) is 4.81. The fourth-order valence-electron chi connectivity index (χ4n) is 3.29. The van der Waals surface area contributed by atoms with Gasteiger partial charge in [-0.05, 0) is 61.2 Å². The van der Waals surface area contributed by atoms with Gasteiger partial charge in [0.15, 0.2) is 0 Å².